The Balaban J connectivity index is 1.99. The van der Waals surface area contributed by atoms with E-state index in [4.69, 9.17) is 5.73 Å². The molecule has 1 fully saturated rings. The fourth-order valence-corrected chi connectivity index (χ4v) is 3.44. The monoisotopic (exact) mass is 298 g/mol. The third-order valence-electron chi connectivity index (χ3n) is 4.50. The SMILES string of the molecule is Cc1cccc(-n2ncc(NCCN)c2C2CCCCC2)c1. The Hall–Kier alpha value is -1.81. The van der Waals surface area contributed by atoms with Crippen molar-refractivity contribution < 1.29 is 0 Å². The molecule has 0 atom stereocenters. The van der Waals surface area contributed by atoms with Crippen LogP contribution < -0.4 is 11.1 Å². The summed E-state index contributed by atoms with van der Waals surface area (Å²) in [5.74, 6) is 0.594. The van der Waals surface area contributed by atoms with Gasteiger partial charge in [-0.1, -0.05) is 31.4 Å². The summed E-state index contributed by atoms with van der Waals surface area (Å²) in [4.78, 5) is 0. The zero-order chi connectivity index (χ0) is 15.4. The Morgan fingerprint density at radius 3 is 2.82 bits per heavy atom. The number of nitrogens with one attached hydrogen (secondary N) is 1. The fraction of sp³-hybridized carbons (Fsp3) is 0.500. The van der Waals surface area contributed by atoms with Gasteiger partial charge in [0.2, 0.25) is 0 Å². The van der Waals surface area contributed by atoms with E-state index < -0.39 is 0 Å². The van der Waals surface area contributed by atoms with Gasteiger partial charge in [0.15, 0.2) is 0 Å². The molecule has 0 amide bonds. The zero-order valence-corrected chi connectivity index (χ0v) is 13.4. The average molecular weight is 298 g/mol. The topological polar surface area (TPSA) is 55.9 Å². The van der Waals surface area contributed by atoms with Gasteiger partial charge in [-0.2, -0.15) is 5.10 Å². The molecule has 0 aliphatic heterocycles. The Bertz CT molecular complexity index is 611. The lowest BCUT2D eigenvalue weighted by Gasteiger charge is -2.24. The number of nitrogens with zero attached hydrogens (tertiary/aromatic N) is 2. The second-order valence-corrected chi connectivity index (χ2v) is 6.24. The minimum atomic E-state index is 0.594. The highest BCUT2D eigenvalue weighted by molar-refractivity contribution is 5.52. The van der Waals surface area contributed by atoms with Crippen LogP contribution >= 0.6 is 0 Å². The summed E-state index contributed by atoms with van der Waals surface area (Å²) in [6.07, 6.45) is 8.48. The van der Waals surface area contributed by atoms with E-state index in [1.54, 1.807) is 0 Å². The van der Waals surface area contributed by atoms with E-state index in [9.17, 15) is 0 Å². The highest BCUT2D eigenvalue weighted by atomic mass is 15.3. The van der Waals surface area contributed by atoms with Crippen molar-refractivity contribution in [2.24, 2.45) is 5.73 Å². The van der Waals surface area contributed by atoms with Crippen molar-refractivity contribution in [2.75, 3.05) is 18.4 Å². The molecule has 3 N–H and O–H groups in total. The lowest BCUT2D eigenvalue weighted by atomic mass is 9.86. The molecule has 118 valence electrons. The van der Waals surface area contributed by atoms with Gasteiger partial charge in [-0.25, -0.2) is 4.68 Å². The van der Waals surface area contributed by atoms with Crippen LogP contribution in [0.4, 0.5) is 5.69 Å². The van der Waals surface area contributed by atoms with Gasteiger partial charge in [0.1, 0.15) is 0 Å². The van der Waals surface area contributed by atoms with Gasteiger partial charge in [0.05, 0.1) is 23.3 Å². The third-order valence-corrected chi connectivity index (χ3v) is 4.50. The van der Waals surface area contributed by atoms with E-state index in [1.165, 1.54) is 43.4 Å². The number of hydrogen-bond donors (Lipinski definition) is 2. The third kappa shape index (κ3) is 3.17. The largest absolute Gasteiger partial charge is 0.381 e. The minimum absolute atomic E-state index is 0.594. The first-order valence-corrected chi connectivity index (χ1v) is 8.38. The number of benzene rings is 1. The summed E-state index contributed by atoms with van der Waals surface area (Å²) in [5.41, 5.74) is 10.6. The van der Waals surface area contributed by atoms with Crippen LogP contribution in [0.25, 0.3) is 5.69 Å². The van der Waals surface area contributed by atoms with Gasteiger partial charge in [-0.15, -0.1) is 0 Å². The van der Waals surface area contributed by atoms with Crippen LogP contribution in [0.2, 0.25) is 0 Å². The van der Waals surface area contributed by atoms with Crippen LogP contribution in [0, 0.1) is 6.92 Å². The number of nitrogens with two attached hydrogens (primary N) is 1. The second kappa shape index (κ2) is 6.97. The van der Waals surface area contributed by atoms with Crippen molar-refractivity contribution in [1.82, 2.24) is 9.78 Å². The zero-order valence-electron chi connectivity index (χ0n) is 13.4. The molecule has 22 heavy (non-hydrogen) atoms. The number of hydrogen-bond acceptors (Lipinski definition) is 3. The highest BCUT2D eigenvalue weighted by Gasteiger charge is 2.23. The molecule has 1 aromatic carbocycles. The molecule has 0 bridgehead atoms. The van der Waals surface area contributed by atoms with Crippen LogP contribution in [0.3, 0.4) is 0 Å². The molecule has 0 spiro atoms. The first kappa shape index (κ1) is 15.1. The van der Waals surface area contributed by atoms with E-state index in [2.05, 4.69) is 46.3 Å². The maximum atomic E-state index is 5.65. The lowest BCUT2D eigenvalue weighted by molar-refractivity contribution is 0.430. The minimum Gasteiger partial charge on any atom is -0.381 e. The van der Waals surface area contributed by atoms with Gasteiger partial charge in [0.25, 0.3) is 0 Å². The molecule has 4 heteroatoms. The van der Waals surface area contributed by atoms with Crippen molar-refractivity contribution in [2.45, 2.75) is 44.9 Å². The van der Waals surface area contributed by atoms with Crippen LogP contribution in [0.15, 0.2) is 30.5 Å². The molecule has 1 aromatic heterocycles. The number of rotatable bonds is 5. The summed E-state index contributed by atoms with van der Waals surface area (Å²) >= 11 is 0. The summed E-state index contributed by atoms with van der Waals surface area (Å²) in [7, 11) is 0. The number of anilines is 1. The van der Waals surface area contributed by atoms with E-state index in [0.29, 0.717) is 12.5 Å². The first-order valence-electron chi connectivity index (χ1n) is 8.38. The summed E-state index contributed by atoms with van der Waals surface area (Å²) in [6.45, 7) is 3.56. The van der Waals surface area contributed by atoms with Crippen molar-refractivity contribution in [3.05, 3.63) is 41.7 Å². The molecule has 0 unspecified atom stereocenters. The molecule has 1 saturated carbocycles. The van der Waals surface area contributed by atoms with Gasteiger partial charge >= 0.3 is 0 Å². The number of aryl methyl sites for hydroxylation is 1. The van der Waals surface area contributed by atoms with Crippen molar-refractivity contribution >= 4 is 5.69 Å². The first-order chi connectivity index (χ1) is 10.8. The predicted octanol–water partition coefficient (Wildman–Crippen LogP) is 3.60. The van der Waals surface area contributed by atoms with Crippen molar-refractivity contribution in [1.29, 1.82) is 0 Å². The van der Waals surface area contributed by atoms with Gasteiger partial charge in [-0.3, -0.25) is 0 Å². The molecule has 4 nitrogen and oxygen atoms in total. The molecule has 1 aliphatic carbocycles. The maximum Gasteiger partial charge on any atom is 0.0767 e. The molecule has 0 radical (unpaired) electrons. The normalized spacial score (nSPS) is 15.9. The van der Waals surface area contributed by atoms with Crippen LogP contribution in [0.5, 0.6) is 0 Å². The van der Waals surface area contributed by atoms with E-state index in [1.807, 2.05) is 6.20 Å². The lowest BCUT2D eigenvalue weighted by Crippen LogP contribution is -2.16. The Morgan fingerprint density at radius 2 is 2.09 bits per heavy atom. The summed E-state index contributed by atoms with van der Waals surface area (Å²) < 4.78 is 2.13. The van der Waals surface area contributed by atoms with E-state index >= 15 is 0 Å². The Kier molecular flexibility index (Phi) is 4.78. The molecule has 1 aliphatic rings. The standard InChI is InChI=1S/C18H26N4/c1-14-6-5-9-16(12-14)22-18(15-7-3-2-4-8-15)17(13-21-22)20-11-10-19/h5-6,9,12-13,15,20H,2-4,7-8,10-11,19H2,1H3. The number of aromatic nitrogens is 2. The smallest absolute Gasteiger partial charge is 0.0767 e. The molecule has 1 heterocycles. The fourth-order valence-electron chi connectivity index (χ4n) is 3.44. The Morgan fingerprint density at radius 1 is 1.27 bits per heavy atom. The van der Waals surface area contributed by atoms with Crippen molar-refractivity contribution in [3.8, 4) is 5.69 Å². The van der Waals surface area contributed by atoms with Crippen LogP contribution in [-0.2, 0) is 0 Å². The van der Waals surface area contributed by atoms with E-state index in [0.717, 1.165) is 17.9 Å². The van der Waals surface area contributed by atoms with Gasteiger partial charge in [-0.05, 0) is 37.5 Å². The molecule has 0 saturated heterocycles. The summed E-state index contributed by atoms with van der Waals surface area (Å²) in [5, 5.41) is 8.13. The van der Waals surface area contributed by atoms with Crippen LogP contribution in [0.1, 0.15) is 49.3 Å². The molecule has 3 rings (SSSR count). The molecular weight excluding hydrogens is 272 g/mol. The van der Waals surface area contributed by atoms with Gasteiger partial charge in [0, 0.05) is 19.0 Å². The second-order valence-electron chi connectivity index (χ2n) is 6.24. The average Bonchev–Trinajstić information content (AvgIpc) is 2.97. The van der Waals surface area contributed by atoms with Crippen LogP contribution in [-0.4, -0.2) is 22.9 Å². The summed E-state index contributed by atoms with van der Waals surface area (Å²) in [6, 6.07) is 8.57. The van der Waals surface area contributed by atoms with Gasteiger partial charge < -0.3 is 11.1 Å². The highest BCUT2D eigenvalue weighted by Crippen LogP contribution is 2.37. The maximum absolute atomic E-state index is 5.65. The quantitative estimate of drug-likeness (QED) is 0.886. The Labute approximate surface area is 132 Å². The molecular formula is C18H26N4. The predicted molar refractivity (Wildman–Crippen MR) is 91.7 cm³/mol. The van der Waals surface area contributed by atoms with E-state index in [-0.39, 0.29) is 0 Å². The van der Waals surface area contributed by atoms with Crippen molar-refractivity contribution in [3.63, 3.8) is 0 Å². The molecule has 2 aromatic rings.